The van der Waals surface area contributed by atoms with Crippen LogP contribution in [0.4, 0.5) is 11.4 Å². The van der Waals surface area contributed by atoms with Gasteiger partial charge >= 0.3 is 11.9 Å². The van der Waals surface area contributed by atoms with Crippen molar-refractivity contribution in [3.05, 3.63) is 127 Å². The molecule has 0 radical (unpaired) electrons. The first-order chi connectivity index (χ1) is 20.7. The number of rotatable bonds is 13. The smallest absolute Gasteiger partial charge is 0.344 e. The van der Waals surface area contributed by atoms with Crippen LogP contribution in [0.15, 0.2) is 94.7 Å². The Kier molecular flexibility index (Phi) is 9.98. The number of hydrogen-bond donors (Lipinski definition) is 2. The first kappa shape index (κ1) is 30.6. The Balaban J connectivity index is 1.34. The molecule has 4 aromatic rings. The lowest BCUT2D eigenvalue weighted by molar-refractivity contribution is -0.387. The lowest BCUT2D eigenvalue weighted by Gasteiger charge is -2.10. The molecule has 0 atom stereocenters. The van der Waals surface area contributed by atoms with E-state index in [9.17, 15) is 34.9 Å². The zero-order chi connectivity index (χ0) is 30.9. The van der Waals surface area contributed by atoms with Crippen LogP contribution in [-0.2, 0) is 23.0 Å². The number of benzene rings is 4. The van der Waals surface area contributed by atoms with Crippen molar-refractivity contribution in [2.24, 2.45) is 0 Å². The summed E-state index contributed by atoms with van der Waals surface area (Å²) in [6.45, 7) is -0.540. The van der Waals surface area contributed by atoms with Crippen molar-refractivity contribution in [2.75, 3.05) is 0 Å². The Morgan fingerprint density at radius 3 is 1.93 bits per heavy atom. The van der Waals surface area contributed by atoms with E-state index in [4.69, 9.17) is 19.8 Å². The monoisotopic (exact) mass is 608 g/mol. The highest BCUT2D eigenvalue weighted by atomic mass is 32.2. The quantitative estimate of drug-likeness (QED) is 0.0583. The van der Waals surface area contributed by atoms with Crippen LogP contribution >= 0.6 is 11.8 Å². The third-order valence-corrected chi connectivity index (χ3v) is 6.81. The summed E-state index contributed by atoms with van der Waals surface area (Å²) in [5.41, 5.74) is -1.60. The number of hydrogen-bond acceptors (Lipinski definition) is 12. The molecule has 0 aromatic heterocycles. The summed E-state index contributed by atoms with van der Waals surface area (Å²) in [6.07, 6.45) is 0. The maximum atomic E-state index is 12.6. The SMILES string of the molecule is O=C(Oc1ccc(Sc2ccc(OOCc3cccc([N+](=O)[O-])c3COO)cc2)cc1)c1cccc([N+](=O)[O-])c1C(=O)O. The number of esters is 1. The van der Waals surface area contributed by atoms with Gasteiger partial charge in [0.1, 0.15) is 19.0 Å². The van der Waals surface area contributed by atoms with Gasteiger partial charge in [0.05, 0.1) is 21.0 Å². The molecule has 0 unspecified atom stereocenters. The molecule has 0 spiro atoms. The molecule has 0 aliphatic rings. The summed E-state index contributed by atoms with van der Waals surface area (Å²) in [7, 11) is 0. The van der Waals surface area contributed by atoms with Crippen molar-refractivity contribution in [3.63, 3.8) is 0 Å². The molecule has 0 fully saturated rings. The van der Waals surface area contributed by atoms with E-state index in [-0.39, 0.29) is 23.6 Å². The van der Waals surface area contributed by atoms with E-state index >= 15 is 0 Å². The molecule has 0 aliphatic heterocycles. The number of nitro groups is 2. The van der Waals surface area contributed by atoms with Gasteiger partial charge in [0.15, 0.2) is 11.3 Å². The van der Waals surface area contributed by atoms with Crippen molar-refractivity contribution >= 4 is 35.1 Å². The standard InChI is InChI=1S/C28H20N2O12S/c31-27(32)26-22(4-2-6-25(26)30(36)37)28(33)41-18-7-11-20(12-8-18)43-21-13-9-19(10-14-21)42-40-15-17-3-1-5-24(29(34)35)23(17)16-39-38/h1-14,38H,15-16H2,(H,31,32). The molecule has 0 aliphatic carbocycles. The third-order valence-electron chi connectivity index (χ3n) is 5.79. The summed E-state index contributed by atoms with van der Waals surface area (Å²) in [5, 5.41) is 40.5. The summed E-state index contributed by atoms with van der Waals surface area (Å²) >= 11 is 1.37. The highest BCUT2D eigenvalue weighted by Gasteiger charge is 2.28. The molecule has 4 aromatic carbocycles. The van der Waals surface area contributed by atoms with Crippen LogP contribution in [0.3, 0.4) is 0 Å². The van der Waals surface area contributed by atoms with E-state index in [2.05, 4.69) is 4.89 Å². The van der Waals surface area contributed by atoms with Crippen molar-refractivity contribution in [1.29, 1.82) is 0 Å². The fraction of sp³-hybridized carbons (Fsp3) is 0.0714. The molecular weight excluding hydrogens is 588 g/mol. The van der Waals surface area contributed by atoms with Crippen LogP contribution < -0.4 is 9.62 Å². The highest BCUT2D eigenvalue weighted by molar-refractivity contribution is 7.99. The van der Waals surface area contributed by atoms with E-state index in [1.54, 1.807) is 42.5 Å². The van der Waals surface area contributed by atoms with Crippen LogP contribution in [0.1, 0.15) is 31.8 Å². The molecule has 0 bridgehead atoms. The predicted molar refractivity (Wildman–Crippen MR) is 148 cm³/mol. The number of nitro benzene ring substituents is 2. The first-order valence-corrected chi connectivity index (χ1v) is 12.9. The molecule has 0 saturated carbocycles. The maximum Gasteiger partial charge on any atom is 0.344 e. The minimum absolute atomic E-state index is 0.107. The first-order valence-electron chi connectivity index (χ1n) is 12.1. The Hall–Kier alpha value is -5.35. The van der Waals surface area contributed by atoms with Gasteiger partial charge in [-0.25, -0.2) is 14.5 Å². The second-order valence-corrected chi connectivity index (χ2v) is 9.63. The van der Waals surface area contributed by atoms with Gasteiger partial charge < -0.3 is 14.7 Å². The van der Waals surface area contributed by atoms with Crippen molar-refractivity contribution < 1.29 is 49.2 Å². The second-order valence-electron chi connectivity index (χ2n) is 8.49. The van der Waals surface area contributed by atoms with Gasteiger partial charge in [-0.15, -0.1) is 0 Å². The number of carboxylic acids is 1. The lowest BCUT2D eigenvalue weighted by Crippen LogP contribution is -2.15. The van der Waals surface area contributed by atoms with Gasteiger partial charge in [-0.3, -0.25) is 25.5 Å². The van der Waals surface area contributed by atoms with E-state index < -0.39 is 45.2 Å². The van der Waals surface area contributed by atoms with Crippen molar-refractivity contribution in [3.8, 4) is 11.5 Å². The van der Waals surface area contributed by atoms with Crippen LogP contribution in [-0.4, -0.2) is 32.1 Å². The second kappa shape index (κ2) is 14.0. The van der Waals surface area contributed by atoms with Crippen LogP contribution in [0.5, 0.6) is 11.5 Å². The highest BCUT2D eigenvalue weighted by Crippen LogP contribution is 2.31. The molecular formula is C28H20N2O12S. The zero-order valence-electron chi connectivity index (χ0n) is 21.8. The van der Waals surface area contributed by atoms with Gasteiger partial charge in [0.2, 0.25) is 0 Å². The Morgan fingerprint density at radius 2 is 1.35 bits per heavy atom. The van der Waals surface area contributed by atoms with E-state index in [0.717, 1.165) is 21.9 Å². The average Bonchev–Trinajstić information content (AvgIpc) is 2.99. The average molecular weight is 609 g/mol. The molecule has 2 N–H and O–H groups in total. The Morgan fingerprint density at radius 1 is 0.767 bits per heavy atom. The summed E-state index contributed by atoms with van der Waals surface area (Å²) < 4.78 is 5.24. The minimum Gasteiger partial charge on any atom is -0.477 e. The summed E-state index contributed by atoms with van der Waals surface area (Å²) in [4.78, 5) is 61.2. The molecule has 220 valence electrons. The Labute approximate surface area is 246 Å². The van der Waals surface area contributed by atoms with Gasteiger partial charge in [-0.2, -0.15) is 4.89 Å². The normalized spacial score (nSPS) is 10.6. The van der Waals surface area contributed by atoms with Crippen molar-refractivity contribution in [2.45, 2.75) is 23.0 Å². The molecule has 43 heavy (non-hydrogen) atoms. The van der Waals surface area contributed by atoms with Gasteiger partial charge in [-0.05, 0) is 60.2 Å². The van der Waals surface area contributed by atoms with Crippen LogP contribution in [0, 0.1) is 20.2 Å². The van der Waals surface area contributed by atoms with Gasteiger partial charge in [0.25, 0.3) is 11.4 Å². The van der Waals surface area contributed by atoms with Crippen LogP contribution in [0.2, 0.25) is 0 Å². The van der Waals surface area contributed by atoms with E-state index in [0.29, 0.717) is 11.3 Å². The number of carbonyl (C=O) groups excluding carboxylic acids is 1. The topological polar surface area (TPSA) is 198 Å². The fourth-order valence-electron chi connectivity index (χ4n) is 3.84. The fourth-order valence-corrected chi connectivity index (χ4v) is 4.66. The third kappa shape index (κ3) is 7.69. The Bertz CT molecular complexity index is 1660. The lowest BCUT2D eigenvalue weighted by atomic mass is 10.1. The molecule has 0 saturated heterocycles. The summed E-state index contributed by atoms with van der Waals surface area (Å²) in [5.74, 6) is -2.21. The minimum atomic E-state index is -1.63. The van der Waals surface area contributed by atoms with Crippen molar-refractivity contribution in [1.82, 2.24) is 0 Å². The maximum absolute atomic E-state index is 12.6. The summed E-state index contributed by atoms with van der Waals surface area (Å²) in [6, 6.07) is 20.8. The predicted octanol–water partition coefficient (Wildman–Crippen LogP) is 6.07. The van der Waals surface area contributed by atoms with Gasteiger partial charge in [0, 0.05) is 21.9 Å². The molecule has 0 heterocycles. The number of nitrogens with zero attached hydrogens (tertiary/aromatic N) is 2. The zero-order valence-corrected chi connectivity index (χ0v) is 22.6. The number of ether oxygens (including phenoxy) is 1. The van der Waals surface area contributed by atoms with Gasteiger partial charge in [-0.1, -0.05) is 30.0 Å². The van der Waals surface area contributed by atoms with E-state index in [1.807, 2.05) is 0 Å². The molecule has 14 nitrogen and oxygen atoms in total. The van der Waals surface area contributed by atoms with E-state index in [1.165, 1.54) is 42.1 Å². The number of aromatic carboxylic acids is 1. The molecule has 4 rings (SSSR count). The number of carbonyl (C=O) groups is 2. The largest absolute Gasteiger partial charge is 0.477 e. The van der Waals surface area contributed by atoms with Crippen LogP contribution in [0.25, 0.3) is 0 Å². The molecule has 15 heteroatoms. The number of carboxylic acid groups (broad SMARTS) is 1. The molecule has 0 amide bonds.